The van der Waals surface area contributed by atoms with Gasteiger partial charge in [0, 0.05) is 22.5 Å². The van der Waals surface area contributed by atoms with Crippen LogP contribution in [0.5, 0.6) is 5.75 Å². The molecular formula is C12H15ClN2O. The Morgan fingerprint density at radius 2 is 2.00 bits per heavy atom. The zero-order valence-electron chi connectivity index (χ0n) is 9.60. The predicted octanol–water partition coefficient (Wildman–Crippen LogP) is 3.08. The number of benzene rings is 1. The number of hydrogen-bond acceptors (Lipinski definition) is 3. The molecule has 1 aromatic carbocycles. The van der Waals surface area contributed by atoms with E-state index in [1.165, 1.54) is 0 Å². The number of nitrogens with two attached hydrogens (primary N) is 1. The van der Waals surface area contributed by atoms with Gasteiger partial charge in [0.1, 0.15) is 5.75 Å². The highest BCUT2D eigenvalue weighted by Crippen LogP contribution is 2.29. The molecule has 0 aliphatic rings. The van der Waals surface area contributed by atoms with E-state index in [-0.39, 0.29) is 0 Å². The Hall–Kier alpha value is -1.48. The van der Waals surface area contributed by atoms with Gasteiger partial charge in [-0.15, -0.1) is 0 Å². The molecule has 0 saturated heterocycles. The summed E-state index contributed by atoms with van der Waals surface area (Å²) in [5.41, 5.74) is 8.17. The van der Waals surface area contributed by atoms with E-state index < -0.39 is 0 Å². The first kappa shape index (κ1) is 12.6. The summed E-state index contributed by atoms with van der Waals surface area (Å²) in [5.74, 6) is 0.686. The van der Waals surface area contributed by atoms with Crippen molar-refractivity contribution in [3.05, 3.63) is 34.5 Å². The van der Waals surface area contributed by atoms with Crippen LogP contribution >= 0.6 is 11.6 Å². The van der Waals surface area contributed by atoms with Gasteiger partial charge < -0.3 is 15.9 Å². The van der Waals surface area contributed by atoms with Crippen molar-refractivity contribution >= 4 is 22.9 Å². The number of allylic oxidation sites excluding steroid dienone is 2. The third-order valence-electron chi connectivity index (χ3n) is 2.21. The van der Waals surface area contributed by atoms with E-state index in [0.29, 0.717) is 27.8 Å². The first-order valence-electron chi connectivity index (χ1n) is 4.83. The van der Waals surface area contributed by atoms with E-state index in [2.05, 4.69) is 0 Å². The number of rotatable bonds is 3. The van der Waals surface area contributed by atoms with Crippen molar-refractivity contribution in [3.8, 4) is 5.75 Å². The summed E-state index contributed by atoms with van der Waals surface area (Å²) < 4.78 is 5.07. The average Bonchev–Trinajstić information content (AvgIpc) is 2.19. The first-order chi connectivity index (χ1) is 7.47. The summed E-state index contributed by atoms with van der Waals surface area (Å²) in [6.45, 7) is 3.44. The summed E-state index contributed by atoms with van der Waals surface area (Å²) in [7, 11) is 1.58. The summed E-state index contributed by atoms with van der Waals surface area (Å²) in [5, 5.41) is 8.22. The fourth-order valence-electron chi connectivity index (χ4n) is 1.54. The summed E-state index contributed by atoms with van der Waals surface area (Å²) in [6.07, 6.45) is 0. The van der Waals surface area contributed by atoms with E-state index in [1.807, 2.05) is 6.07 Å². The van der Waals surface area contributed by atoms with Gasteiger partial charge in [-0.2, -0.15) is 0 Å². The van der Waals surface area contributed by atoms with Crippen molar-refractivity contribution in [2.45, 2.75) is 13.8 Å². The quantitative estimate of drug-likeness (QED) is 0.795. The molecule has 0 saturated carbocycles. The monoisotopic (exact) mass is 238 g/mol. The molecule has 0 aliphatic carbocycles. The molecule has 1 aromatic rings. The number of nitrogens with one attached hydrogen (secondary N) is 1. The van der Waals surface area contributed by atoms with Crippen molar-refractivity contribution < 1.29 is 4.74 Å². The van der Waals surface area contributed by atoms with Crippen LogP contribution in [0.3, 0.4) is 0 Å². The molecule has 0 amide bonds. The smallest absolute Gasteiger partial charge is 0.120 e. The molecule has 16 heavy (non-hydrogen) atoms. The minimum atomic E-state index is 0.395. The SMILES string of the molecule is COc1ccc(C(C(C)=N)=C(C)N)c(Cl)c1. The molecular weight excluding hydrogens is 224 g/mol. The lowest BCUT2D eigenvalue weighted by molar-refractivity contribution is 0.415. The lowest BCUT2D eigenvalue weighted by atomic mass is 10.00. The molecule has 0 aromatic heterocycles. The number of hydrogen-bond donors (Lipinski definition) is 2. The van der Waals surface area contributed by atoms with E-state index in [0.717, 1.165) is 5.56 Å². The molecule has 0 unspecified atom stereocenters. The third-order valence-corrected chi connectivity index (χ3v) is 2.53. The van der Waals surface area contributed by atoms with Gasteiger partial charge >= 0.3 is 0 Å². The van der Waals surface area contributed by atoms with Crippen LogP contribution in [0.1, 0.15) is 19.4 Å². The highest BCUT2D eigenvalue weighted by atomic mass is 35.5. The molecule has 3 nitrogen and oxygen atoms in total. The van der Waals surface area contributed by atoms with Gasteiger partial charge in [-0.05, 0) is 32.0 Å². The van der Waals surface area contributed by atoms with Crippen molar-refractivity contribution in [1.29, 1.82) is 5.41 Å². The van der Waals surface area contributed by atoms with E-state index in [4.69, 9.17) is 27.5 Å². The normalized spacial score (nSPS) is 12.0. The standard InChI is InChI=1S/C12H15ClN2O/c1-7(14)12(8(2)15)10-5-4-9(16-3)6-11(10)13/h4-6,14H,15H2,1-3H3. The maximum atomic E-state index is 7.69. The first-order valence-corrected chi connectivity index (χ1v) is 5.21. The number of halogens is 1. The van der Waals surface area contributed by atoms with Crippen molar-refractivity contribution in [2.75, 3.05) is 7.11 Å². The molecule has 3 N–H and O–H groups in total. The Morgan fingerprint density at radius 1 is 1.38 bits per heavy atom. The minimum Gasteiger partial charge on any atom is -0.497 e. The Balaban J connectivity index is 3.33. The van der Waals surface area contributed by atoms with Gasteiger partial charge in [-0.3, -0.25) is 0 Å². The highest BCUT2D eigenvalue weighted by molar-refractivity contribution is 6.35. The lowest BCUT2D eigenvalue weighted by Gasteiger charge is -2.11. The summed E-state index contributed by atoms with van der Waals surface area (Å²) in [4.78, 5) is 0. The lowest BCUT2D eigenvalue weighted by Crippen LogP contribution is -2.05. The molecule has 0 heterocycles. The van der Waals surface area contributed by atoms with Crippen LogP contribution in [-0.2, 0) is 0 Å². The zero-order valence-corrected chi connectivity index (χ0v) is 10.4. The predicted molar refractivity (Wildman–Crippen MR) is 68.2 cm³/mol. The number of methoxy groups -OCH3 is 1. The van der Waals surface area contributed by atoms with Gasteiger partial charge in [-0.1, -0.05) is 11.6 Å². The molecule has 0 fully saturated rings. The topological polar surface area (TPSA) is 59.1 Å². The van der Waals surface area contributed by atoms with Crippen molar-refractivity contribution in [2.24, 2.45) is 5.73 Å². The van der Waals surface area contributed by atoms with Gasteiger partial charge in [0.15, 0.2) is 0 Å². The zero-order chi connectivity index (χ0) is 12.3. The van der Waals surface area contributed by atoms with Gasteiger partial charge in [-0.25, -0.2) is 0 Å². The van der Waals surface area contributed by atoms with E-state index >= 15 is 0 Å². The second-order valence-electron chi connectivity index (χ2n) is 3.53. The van der Waals surface area contributed by atoms with Crippen LogP contribution in [0, 0.1) is 5.41 Å². The molecule has 0 atom stereocenters. The summed E-state index contributed by atoms with van der Waals surface area (Å²) >= 11 is 6.12. The Kier molecular flexibility index (Phi) is 3.96. The third kappa shape index (κ3) is 2.55. The van der Waals surface area contributed by atoms with Crippen LogP contribution in [0.25, 0.3) is 5.57 Å². The van der Waals surface area contributed by atoms with Crippen LogP contribution in [0.2, 0.25) is 5.02 Å². The van der Waals surface area contributed by atoms with Crippen LogP contribution < -0.4 is 10.5 Å². The van der Waals surface area contributed by atoms with E-state index in [1.54, 1.807) is 33.1 Å². The second-order valence-corrected chi connectivity index (χ2v) is 3.94. The van der Waals surface area contributed by atoms with Gasteiger partial charge in [0.05, 0.1) is 12.1 Å². The minimum absolute atomic E-state index is 0.395. The van der Waals surface area contributed by atoms with Gasteiger partial charge in [0.2, 0.25) is 0 Å². The van der Waals surface area contributed by atoms with Crippen molar-refractivity contribution in [1.82, 2.24) is 0 Å². The Bertz CT molecular complexity index is 448. The summed E-state index contributed by atoms with van der Waals surface area (Å²) in [6, 6.07) is 5.32. The highest BCUT2D eigenvalue weighted by Gasteiger charge is 2.11. The second kappa shape index (κ2) is 5.03. The Morgan fingerprint density at radius 3 is 2.38 bits per heavy atom. The molecule has 86 valence electrons. The Labute approximate surface area is 100 Å². The molecule has 0 aliphatic heterocycles. The molecule has 4 heteroatoms. The van der Waals surface area contributed by atoms with Crippen LogP contribution in [0.15, 0.2) is 23.9 Å². The van der Waals surface area contributed by atoms with Crippen LogP contribution in [0.4, 0.5) is 0 Å². The largest absolute Gasteiger partial charge is 0.497 e. The maximum Gasteiger partial charge on any atom is 0.120 e. The van der Waals surface area contributed by atoms with Gasteiger partial charge in [0.25, 0.3) is 0 Å². The molecule has 0 spiro atoms. The maximum absolute atomic E-state index is 7.69. The fourth-order valence-corrected chi connectivity index (χ4v) is 1.80. The molecule has 1 rings (SSSR count). The van der Waals surface area contributed by atoms with Crippen LogP contribution in [-0.4, -0.2) is 12.8 Å². The molecule has 0 bridgehead atoms. The van der Waals surface area contributed by atoms with E-state index in [9.17, 15) is 0 Å². The van der Waals surface area contributed by atoms with Crippen molar-refractivity contribution in [3.63, 3.8) is 0 Å². The average molecular weight is 239 g/mol. The number of ether oxygens (including phenoxy) is 1. The fraction of sp³-hybridized carbons (Fsp3) is 0.250. The molecule has 0 radical (unpaired) electrons.